The Balaban J connectivity index is 1.45. The summed E-state index contributed by atoms with van der Waals surface area (Å²) in [6.07, 6.45) is -0.413. The average molecular weight is 713 g/mol. The van der Waals surface area contributed by atoms with Crippen molar-refractivity contribution in [1.29, 1.82) is 0 Å². The van der Waals surface area contributed by atoms with E-state index in [2.05, 4.69) is 0 Å². The molecule has 18 nitrogen and oxygen atoms in total. The molecule has 0 amide bonds. The van der Waals surface area contributed by atoms with Gasteiger partial charge in [-0.25, -0.2) is 31.2 Å². The number of sulfone groups is 2. The summed E-state index contributed by atoms with van der Waals surface area (Å²) in [6, 6.07) is -1.31. The lowest BCUT2D eigenvalue weighted by atomic mass is 9.67. The van der Waals surface area contributed by atoms with Crippen molar-refractivity contribution in [2.24, 2.45) is 25.9 Å². The number of nitrogens with zero attached hydrogens (tertiary/aromatic N) is 4. The smallest absolute Gasteiger partial charge is 0.430 e. The molecule has 2 aliphatic carbocycles. The number of nitroso groups, excluding NO2 is 1. The monoisotopic (exact) mass is 712 g/mol. The number of carbonyl (C=O) groups excluding carboxylic acids is 3. The summed E-state index contributed by atoms with van der Waals surface area (Å²) in [5, 5.41) is 21.0. The lowest BCUT2D eigenvalue weighted by Crippen LogP contribution is -2.60. The van der Waals surface area contributed by atoms with Gasteiger partial charge in [0.1, 0.15) is 5.56 Å². The van der Waals surface area contributed by atoms with Crippen LogP contribution >= 0.6 is 0 Å². The van der Waals surface area contributed by atoms with Gasteiger partial charge >= 0.3 is 35.3 Å². The lowest BCUT2D eigenvalue weighted by molar-refractivity contribution is -0.914. The van der Waals surface area contributed by atoms with Crippen LogP contribution in [0.25, 0.3) is 6.08 Å². The van der Waals surface area contributed by atoms with Crippen molar-refractivity contribution < 1.29 is 60.5 Å². The number of allylic oxidation sites excluding steroid dienone is 1. The molecule has 2 N–H and O–H groups in total. The molecule has 4 heterocycles. The van der Waals surface area contributed by atoms with Crippen LogP contribution in [0, 0.1) is 16.7 Å². The number of carbonyl (C=O) groups is 3. The molecule has 1 aromatic rings. The highest BCUT2D eigenvalue weighted by Crippen LogP contribution is 2.61. The molecule has 2 spiro atoms. The van der Waals surface area contributed by atoms with Crippen LogP contribution in [-0.2, 0) is 57.6 Å². The van der Waals surface area contributed by atoms with Crippen LogP contribution in [0.15, 0.2) is 25.5 Å². The number of aromatic hydroxyl groups is 1. The van der Waals surface area contributed by atoms with Crippen molar-refractivity contribution >= 4 is 49.2 Å². The number of Topliss-reactive ketones (excluding diaryl/α,β-unsaturated/α-hetero) is 1. The molecule has 5 aliphatic rings. The van der Waals surface area contributed by atoms with E-state index < -0.39 is 110 Å². The third kappa shape index (κ3) is 4.07. The molecule has 6 atom stereocenters. The summed E-state index contributed by atoms with van der Waals surface area (Å²) in [4.78, 5) is 70.1. The van der Waals surface area contributed by atoms with Crippen LogP contribution in [-0.4, -0.2) is 91.3 Å². The van der Waals surface area contributed by atoms with Crippen LogP contribution in [0.5, 0.6) is 5.88 Å². The topological polar surface area (TPSA) is 245 Å². The van der Waals surface area contributed by atoms with Gasteiger partial charge in [0, 0.05) is 56.7 Å². The van der Waals surface area contributed by atoms with E-state index in [0.717, 1.165) is 14.1 Å². The van der Waals surface area contributed by atoms with E-state index >= 15 is 0 Å². The zero-order valence-corrected chi connectivity index (χ0v) is 27.7. The van der Waals surface area contributed by atoms with E-state index in [9.17, 15) is 56.0 Å². The molecule has 258 valence electrons. The van der Waals surface area contributed by atoms with Crippen LogP contribution in [0.1, 0.15) is 57.9 Å². The number of ether oxygens (including phenoxy) is 2. The van der Waals surface area contributed by atoms with Gasteiger partial charge in [-0.15, -0.1) is 0 Å². The first-order chi connectivity index (χ1) is 22.3. The van der Waals surface area contributed by atoms with E-state index in [1.807, 2.05) is 0 Å². The number of hydrogen-bond donors (Lipinski definition) is 2. The molecule has 3 aliphatic heterocycles. The highest BCUT2D eigenvalue weighted by molar-refractivity contribution is 7.98. The quantitative estimate of drug-likeness (QED) is 0.160. The van der Waals surface area contributed by atoms with E-state index in [-0.39, 0.29) is 43.3 Å². The second-order valence-corrected chi connectivity index (χ2v) is 16.9. The van der Waals surface area contributed by atoms with Gasteiger partial charge in [-0.1, -0.05) is 0 Å². The first-order valence-electron chi connectivity index (χ1n) is 15.0. The average Bonchev–Trinajstić information content (AvgIpc) is 3.34. The van der Waals surface area contributed by atoms with Gasteiger partial charge < -0.3 is 14.6 Å². The molecule has 48 heavy (non-hydrogen) atoms. The highest BCUT2D eigenvalue weighted by atomic mass is 32.2. The Kier molecular flexibility index (Phi) is 7.33. The molecule has 0 bridgehead atoms. The molecule has 6 unspecified atom stereocenters. The Hall–Kier alpha value is -4.46. The third-order valence-electron chi connectivity index (χ3n) is 10.3. The van der Waals surface area contributed by atoms with Crippen LogP contribution < -0.4 is 11.2 Å². The maximum absolute atomic E-state index is 14.3. The maximum Gasteiger partial charge on any atom is 0.430 e. The van der Waals surface area contributed by atoms with Gasteiger partial charge in [-0.05, 0) is 31.8 Å². The predicted molar refractivity (Wildman–Crippen MR) is 159 cm³/mol. The molecular formula is C28H32N4O14S2+2. The zero-order chi connectivity index (χ0) is 35.5. The minimum absolute atomic E-state index is 0.0102. The molecule has 20 heteroatoms. The van der Waals surface area contributed by atoms with Gasteiger partial charge in [-0.3, -0.25) is 23.9 Å². The number of esters is 2. The Morgan fingerprint density at radius 1 is 0.833 bits per heavy atom. The summed E-state index contributed by atoms with van der Waals surface area (Å²) >= 11 is 0. The highest BCUT2D eigenvalue weighted by Gasteiger charge is 2.73. The maximum atomic E-state index is 14.3. The van der Waals surface area contributed by atoms with Gasteiger partial charge in [0.25, 0.3) is 11.6 Å². The van der Waals surface area contributed by atoms with E-state index in [1.54, 1.807) is 0 Å². The van der Waals surface area contributed by atoms with Crippen LogP contribution in [0.3, 0.4) is 0 Å². The van der Waals surface area contributed by atoms with Crippen molar-refractivity contribution in [3.8, 4) is 5.88 Å². The predicted octanol–water partition coefficient (Wildman–Crippen LogP) is -1.11. The Bertz CT molecular complexity index is 2190. The van der Waals surface area contributed by atoms with E-state index in [4.69, 9.17) is 9.47 Å². The second-order valence-electron chi connectivity index (χ2n) is 12.6. The fourth-order valence-electron chi connectivity index (χ4n) is 7.73. The van der Waals surface area contributed by atoms with Gasteiger partial charge in [0.15, 0.2) is 9.81 Å². The summed E-state index contributed by atoms with van der Waals surface area (Å²) in [6.45, 7) is 2.51. The van der Waals surface area contributed by atoms with Gasteiger partial charge in [0.05, 0.1) is 16.4 Å². The lowest BCUT2D eigenvalue weighted by Gasteiger charge is -2.51. The van der Waals surface area contributed by atoms with Crippen molar-refractivity contribution in [3.63, 3.8) is 0 Å². The second kappa shape index (κ2) is 10.5. The number of rotatable bonds is 2. The number of hydrogen-bond acceptors (Lipinski definition) is 14. The number of hydroxylamine groups is 1. The Morgan fingerprint density at radius 2 is 1.31 bits per heavy atom. The summed E-state index contributed by atoms with van der Waals surface area (Å²) in [7, 11) is -7.44. The van der Waals surface area contributed by atoms with Gasteiger partial charge in [-0.2, -0.15) is 0 Å². The normalized spacial score (nSPS) is 35.8. The van der Waals surface area contributed by atoms with Gasteiger partial charge in [0.2, 0.25) is 35.4 Å². The standard InChI is InChI=1S/C28H31N4O14S2/c1-13-21(33)18(32(40)14(2)31(13)39)12-20-25(37)46-28(48(20,43)44)10-6-7-16-17(28)8-5-9-27(16)45-24(36)19(47(27,41)42)11-15-22(34)29(3)26(38)30(4)23(15)35/h11-14,16-17H,5-10H2,1-4H3,(H-,33,34,35,36,37,40)/q+1/p+1. The first kappa shape index (κ1) is 33.4. The molecule has 1 aromatic heterocycles. The number of fused-ring (bicyclic) bond motifs is 3. The SMILES string of the molecule is CC1C(=O)C(/C=C2\C(=O)OC3(CCCC4C3CCCC43OC(=O)/C(=C\c4c(O)n(C)c(=O)n(C)c4=O)S3(=O)=O)S2(=O)=O)=[N+](O)C(C)[N+]1=O. The molecule has 4 fully saturated rings. The van der Waals surface area contributed by atoms with Crippen LogP contribution in [0.2, 0.25) is 0 Å². The minimum Gasteiger partial charge on any atom is -0.494 e. The van der Waals surface area contributed by atoms with Crippen molar-refractivity contribution in [2.75, 3.05) is 0 Å². The third-order valence-corrected chi connectivity index (χ3v) is 15.0. The summed E-state index contributed by atoms with van der Waals surface area (Å²) in [5.74, 6) is -6.99. The Morgan fingerprint density at radius 3 is 1.81 bits per heavy atom. The summed E-state index contributed by atoms with van der Waals surface area (Å²) < 4.78 is 70.1. The number of ketones is 1. The zero-order valence-electron chi connectivity index (χ0n) is 26.1. The van der Waals surface area contributed by atoms with E-state index in [1.165, 1.54) is 13.8 Å². The fourth-order valence-corrected chi connectivity index (χ4v) is 12.1. The molecule has 0 aromatic carbocycles. The molecule has 0 radical (unpaired) electrons. The first-order valence-corrected chi connectivity index (χ1v) is 18.0. The number of aromatic nitrogens is 2. The fraction of sp³-hybridized carbons (Fsp3) is 0.571. The minimum atomic E-state index is -4.83. The van der Waals surface area contributed by atoms with E-state index in [0.29, 0.717) is 26.0 Å². The van der Waals surface area contributed by atoms with Crippen molar-refractivity contribution in [2.45, 2.75) is 74.4 Å². The largest absolute Gasteiger partial charge is 0.494 e. The van der Waals surface area contributed by atoms with Crippen LogP contribution in [0.4, 0.5) is 0 Å². The summed E-state index contributed by atoms with van der Waals surface area (Å²) in [5.41, 5.74) is -3.29. The molecule has 2 saturated carbocycles. The molecule has 2 saturated heterocycles. The van der Waals surface area contributed by atoms with Crippen molar-refractivity contribution in [1.82, 2.24) is 9.13 Å². The van der Waals surface area contributed by atoms with Crippen molar-refractivity contribution in [3.05, 3.63) is 47.2 Å². The molecular weight excluding hydrogens is 680 g/mol. The Labute approximate surface area is 271 Å². The molecule has 6 rings (SSSR count).